The van der Waals surface area contributed by atoms with Gasteiger partial charge < -0.3 is 44.6 Å². The van der Waals surface area contributed by atoms with Crippen LogP contribution >= 0.6 is 7.82 Å². The molecule has 62 heavy (non-hydrogen) atoms. The molecule has 1 heterocycles. The van der Waals surface area contributed by atoms with E-state index < -0.39 is 75.7 Å². The molecule has 1 saturated carbocycles. The van der Waals surface area contributed by atoms with Crippen molar-refractivity contribution in [2.24, 2.45) is 0 Å². The quantitative estimate of drug-likeness (QED) is 0.0113. The summed E-state index contributed by atoms with van der Waals surface area (Å²) in [5.41, 5.74) is 0. The van der Waals surface area contributed by atoms with Crippen molar-refractivity contribution in [2.45, 2.75) is 236 Å². The molecule has 360 valence electrons. The van der Waals surface area contributed by atoms with Crippen molar-refractivity contribution < 1.29 is 67.8 Å². The van der Waals surface area contributed by atoms with Gasteiger partial charge >= 0.3 is 19.8 Å². The molecule has 0 aromatic heterocycles. The number of esters is 2. The van der Waals surface area contributed by atoms with E-state index in [1.165, 1.54) is 38.5 Å². The van der Waals surface area contributed by atoms with E-state index in [-0.39, 0.29) is 12.8 Å². The molecule has 2 fully saturated rings. The van der Waals surface area contributed by atoms with E-state index in [9.17, 15) is 44.6 Å². The van der Waals surface area contributed by atoms with Crippen molar-refractivity contribution in [1.29, 1.82) is 0 Å². The van der Waals surface area contributed by atoms with Crippen molar-refractivity contribution in [3.63, 3.8) is 0 Å². The Balaban J connectivity index is 1.70. The van der Waals surface area contributed by atoms with Gasteiger partial charge in [-0.1, -0.05) is 134 Å². The van der Waals surface area contributed by atoms with E-state index >= 15 is 0 Å². The van der Waals surface area contributed by atoms with Crippen LogP contribution in [0, 0.1) is 0 Å². The molecule has 0 bridgehead atoms. The molecule has 2 rings (SSSR count). The number of aliphatic hydroxyl groups excluding tert-OH is 5. The fraction of sp³-hybridized carbons (Fsp3) is 0.830. The second-order valence-corrected chi connectivity index (χ2v) is 18.4. The number of unbranched alkanes of at least 4 members (excludes halogenated alkanes) is 17. The summed E-state index contributed by atoms with van der Waals surface area (Å²) >= 11 is 0. The number of carbonyl (C=O) groups excluding carboxylic acids is 2. The van der Waals surface area contributed by atoms with Crippen LogP contribution < -0.4 is 0 Å². The number of phosphoric ester groups is 1. The summed E-state index contributed by atoms with van der Waals surface area (Å²) < 4.78 is 39.3. The molecule has 1 aliphatic heterocycles. The molecule has 0 aromatic rings. The maximum Gasteiger partial charge on any atom is 0.472 e. The Labute approximate surface area is 372 Å². The smallest absolute Gasteiger partial charge is 0.462 e. The third-order valence-corrected chi connectivity index (χ3v) is 12.4. The number of epoxide rings is 1. The van der Waals surface area contributed by atoms with E-state index in [2.05, 4.69) is 50.3 Å². The summed E-state index contributed by atoms with van der Waals surface area (Å²) in [5.74, 6) is -1.13. The van der Waals surface area contributed by atoms with Gasteiger partial charge in [-0.25, -0.2) is 4.57 Å². The van der Waals surface area contributed by atoms with Gasteiger partial charge in [-0.2, -0.15) is 0 Å². The Hall–Kier alpha value is -1.97. The van der Waals surface area contributed by atoms with Gasteiger partial charge in [0.1, 0.15) is 43.2 Å². The topological polar surface area (TPSA) is 222 Å². The largest absolute Gasteiger partial charge is 0.472 e. The van der Waals surface area contributed by atoms with Crippen molar-refractivity contribution >= 4 is 19.8 Å². The highest BCUT2D eigenvalue weighted by molar-refractivity contribution is 7.47. The highest BCUT2D eigenvalue weighted by atomic mass is 31.2. The summed E-state index contributed by atoms with van der Waals surface area (Å²) in [5, 5.41) is 50.2. The van der Waals surface area contributed by atoms with Crippen molar-refractivity contribution in [3.8, 4) is 0 Å². The number of hydrogen-bond acceptors (Lipinski definition) is 13. The molecule has 14 nitrogen and oxygen atoms in total. The minimum Gasteiger partial charge on any atom is -0.462 e. The molecule has 0 aromatic carbocycles. The standard InChI is InChI=1S/C47H83O14P/c1-3-5-7-8-9-10-11-12-13-14-15-16-17-18-23-26-30-34-41(49)59-37(36-58-62(55,56)61-47-45(53)43(51)42(50)44(52)46(47)54)35-57-40(48)33-29-25-22-20-19-21-24-28-32-39-38(60-39)31-27-6-4-2/h9-10,12-13,24,28,37-39,42-47,50-54H,3-8,11,14-23,25-27,29-36H2,1-2H3,(H,55,56)/b10-9-,13-12-,28-24-/t37-,38?,39?,42?,43-,44+,45-,46-,47?/m1/s1. The van der Waals surface area contributed by atoms with Crippen LogP contribution in [0.4, 0.5) is 0 Å². The highest BCUT2D eigenvalue weighted by Crippen LogP contribution is 2.47. The molecule has 0 radical (unpaired) electrons. The second kappa shape index (κ2) is 34.4. The maximum absolute atomic E-state index is 12.8. The Bertz CT molecular complexity index is 1290. The highest BCUT2D eigenvalue weighted by Gasteiger charge is 2.51. The third-order valence-electron chi connectivity index (χ3n) is 11.4. The summed E-state index contributed by atoms with van der Waals surface area (Å²) in [4.78, 5) is 35.8. The molecular weight excluding hydrogens is 819 g/mol. The van der Waals surface area contributed by atoms with E-state index in [1.54, 1.807) is 0 Å². The predicted molar refractivity (Wildman–Crippen MR) is 239 cm³/mol. The van der Waals surface area contributed by atoms with Gasteiger partial charge in [0.2, 0.25) is 0 Å². The van der Waals surface area contributed by atoms with Crippen LogP contribution in [-0.2, 0) is 37.4 Å². The lowest BCUT2D eigenvalue weighted by atomic mass is 9.85. The second-order valence-electron chi connectivity index (χ2n) is 17.0. The van der Waals surface area contributed by atoms with Gasteiger partial charge in [0.25, 0.3) is 0 Å². The van der Waals surface area contributed by atoms with Crippen LogP contribution in [0.3, 0.4) is 0 Å². The zero-order valence-electron chi connectivity index (χ0n) is 37.9. The Morgan fingerprint density at radius 3 is 1.65 bits per heavy atom. The Morgan fingerprint density at radius 1 is 0.581 bits per heavy atom. The monoisotopic (exact) mass is 903 g/mol. The summed E-state index contributed by atoms with van der Waals surface area (Å²) in [6.45, 7) is 3.22. The van der Waals surface area contributed by atoms with Gasteiger partial charge in [-0.3, -0.25) is 18.6 Å². The van der Waals surface area contributed by atoms with Gasteiger partial charge in [0.15, 0.2) is 6.10 Å². The zero-order valence-corrected chi connectivity index (χ0v) is 38.8. The number of phosphoric acid groups is 1. The van der Waals surface area contributed by atoms with Gasteiger partial charge in [0.05, 0.1) is 18.8 Å². The number of ether oxygens (including phenoxy) is 3. The van der Waals surface area contributed by atoms with Crippen LogP contribution in [0.5, 0.6) is 0 Å². The lowest BCUT2D eigenvalue weighted by Gasteiger charge is -2.41. The van der Waals surface area contributed by atoms with Gasteiger partial charge in [-0.15, -0.1) is 0 Å². The molecule has 15 heteroatoms. The first kappa shape index (κ1) is 56.2. The van der Waals surface area contributed by atoms with E-state index in [4.69, 9.17) is 23.3 Å². The number of hydrogen-bond donors (Lipinski definition) is 6. The minimum absolute atomic E-state index is 0.0818. The predicted octanol–water partition coefficient (Wildman–Crippen LogP) is 8.38. The molecule has 0 spiro atoms. The number of aliphatic hydroxyl groups is 5. The minimum atomic E-state index is -5.13. The lowest BCUT2D eigenvalue weighted by molar-refractivity contribution is -0.220. The SMILES string of the molecule is CCCCC/C=C\C/C=C\CCCCCCCCCC(=O)O[C@H](COC(=O)CCCCCCC/C=C\CC1OC1CCCCC)COP(=O)(O)OC1[C@H](O)[C@H](O)C(O)[C@H](O)[C@H]1O. The molecule has 10 atom stereocenters. The van der Waals surface area contributed by atoms with E-state index in [1.807, 2.05) is 0 Å². The summed E-state index contributed by atoms with van der Waals surface area (Å²) in [7, 11) is -5.13. The third kappa shape index (κ3) is 26.1. The number of allylic oxidation sites excluding steroid dienone is 5. The maximum atomic E-state index is 12.8. The van der Waals surface area contributed by atoms with Crippen LogP contribution in [0.15, 0.2) is 36.5 Å². The van der Waals surface area contributed by atoms with Crippen LogP contribution in [0.25, 0.3) is 0 Å². The average Bonchev–Trinajstić information content (AvgIpc) is 4.01. The number of carbonyl (C=O) groups is 2. The first-order valence-corrected chi connectivity index (χ1v) is 25.4. The molecular formula is C47H83O14P. The molecule has 2 aliphatic rings. The van der Waals surface area contributed by atoms with Crippen LogP contribution in [0.2, 0.25) is 0 Å². The Morgan fingerprint density at radius 2 is 1.06 bits per heavy atom. The molecule has 1 aliphatic carbocycles. The lowest BCUT2D eigenvalue weighted by Crippen LogP contribution is -2.64. The summed E-state index contributed by atoms with van der Waals surface area (Å²) in [6, 6.07) is 0. The van der Waals surface area contributed by atoms with Crippen molar-refractivity contribution in [1.82, 2.24) is 0 Å². The van der Waals surface area contributed by atoms with E-state index in [0.29, 0.717) is 25.0 Å². The first-order chi connectivity index (χ1) is 29.9. The summed E-state index contributed by atoms with van der Waals surface area (Å²) in [6.07, 6.45) is 26.4. The number of rotatable bonds is 38. The van der Waals surface area contributed by atoms with Crippen LogP contribution in [0.1, 0.15) is 181 Å². The first-order valence-electron chi connectivity index (χ1n) is 23.9. The van der Waals surface area contributed by atoms with Crippen molar-refractivity contribution in [3.05, 3.63) is 36.5 Å². The van der Waals surface area contributed by atoms with Crippen LogP contribution in [-0.4, -0.2) is 111 Å². The fourth-order valence-electron chi connectivity index (χ4n) is 7.38. The van der Waals surface area contributed by atoms with Crippen molar-refractivity contribution in [2.75, 3.05) is 13.2 Å². The molecule has 1 saturated heterocycles. The molecule has 6 N–H and O–H groups in total. The molecule has 5 unspecified atom stereocenters. The van der Waals surface area contributed by atoms with Gasteiger partial charge in [0, 0.05) is 12.8 Å². The Kier molecular flexibility index (Phi) is 31.1. The zero-order chi connectivity index (χ0) is 45.4. The normalized spacial score (nSPS) is 25.4. The van der Waals surface area contributed by atoms with E-state index in [0.717, 1.165) is 103 Å². The van der Waals surface area contributed by atoms with Gasteiger partial charge in [-0.05, 0) is 70.6 Å². The average molecular weight is 903 g/mol. The fourth-order valence-corrected chi connectivity index (χ4v) is 8.35. The molecule has 0 amide bonds.